The first-order valence-electron chi connectivity index (χ1n) is 10.3. The van der Waals surface area contributed by atoms with E-state index in [0.717, 1.165) is 50.6 Å². The molecule has 0 saturated heterocycles. The number of anilines is 1. The number of nitrogens with one attached hydrogen (secondary N) is 2. The smallest absolute Gasteiger partial charge is 0.223 e. The number of hydrogen-bond acceptors (Lipinski definition) is 3. The number of carbonyl (C=O) groups excluding carboxylic acids is 1. The Morgan fingerprint density at radius 3 is 2.41 bits per heavy atom. The predicted octanol–water partition coefficient (Wildman–Crippen LogP) is 5.19. The van der Waals surface area contributed by atoms with Crippen LogP contribution in [0.1, 0.15) is 75.9 Å². The molecular formula is C21H29ClFN3O. The van der Waals surface area contributed by atoms with Crippen LogP contribution in [0.3, 0.4) is 0 Å². The first kappa shape index (κ1) is 19.0. The van der Waals surface area contributed by atoms with Crippen molar-refractivity contribution >= 4 is 23.3 Å². The lowest BCUT2D eigenvalue weighted by molar-refractivity contribution is -0.128. The zero-order chi connectivity index (χ0) is 19.1. The van der Waals surface area contributed by atoms with Gasteiger partial charge in [0.25, 0.3) is 0 Å². The molecule has 0 spiro atoms. The number of amides is 1. The van der Waals surface area contributed by atoms with Crippen LogP contribution in [0, 0.1) is 11.3 Å². The number of aromatic nitrogens is 1. The number of fused-ring (bicyclic) bond motifs is 3. The molecule has 6 heteroatoms. The Balaban J connectivity index is 1.67. The Morgan fingerprint density at radius 2 is 1.81 bits per heavy atom. The molecule has 0 radical (unpaired) electrons. The molecule has 2 bridgehead atoms. The van der Waals surface area contributed by atoms with Gasteiger partial charge in [-0.3, -0.25) is 4.79 Å². The zero-order valence-corrected chi connectivity index (χ0v) is 16.7. The fourth-order valence-electron chi connectivity index (χ4n) is 5.38. The highest BCUT2D eigenvalue weighted by atomic mass is 35.5. The molecule has 4 saturated carbocycles. The monoisotopic (exact) mass is 393 g/mol. The molecule has 1 aromatic rings. The maximum absolute atomic E-state index is 14.7. The van der Waals surface area contributed by atoms with E-state index >= 15 is 0 Å². The molecule has 4 nitrogen and oxygen atoms in total. The second-order valence-electron chi connectivity index (χ2n) is 8.78. The number of halogens is 2. The van der Waals surface area contributed by atoms with Crippen LogP contribution in [0.2, 0.25) is 5.02 Å². The Kier molecular flexibility index (Phi) is 5.08. The van der Waals surface area contributed by atoms with Crippen LogP contribution in [0.25, 0.3) is 0 Å². The summed E-state index contributed by atoms with van der Waals surface area (Å²) in [5.74, 6) is 0.919. The minimum atomic E-state index is -1.00. The summed E-state index contributed by atoms with van der Waals surface area (Å²) < 4.78 is 14.7. The highest BCUT2D eigenvalue weighted by Gasteiger charge is 2.53. The molecule has 2 N–H and O–H groups in total. The zero-order valence-electron chi connectivity index (χ0n) is 16.0. The summed E-state index contributed by atoms with van der Waals surface area (Å²) in [6.07, 6.45) is 8.31. The lowest BCUT2D eigenvalue weighted by Crippen LogP contribution is -2.51. The maximum atomic E-state index is 14.7. The van der Waals surface area contributed by atoms with Gasteiger partial charge in [-0.25, -0.2) is 9.37 Å². The van der Waals surface area contributed by atoms with E-state index in [1.807, 2.05) is 13.1 Å². The summed E-state index contributed by atoms with van der Waals surface area (Å²) in [5.41, 5.74) is -0.323. The maximum Gasteiger partial charge on any atom is 0.223 e. The van der Waals surface area contributed by atoms with Crippen LogP contribution in [0.4, 0.5) is 10.2 Å². The Labute approximate surface area is 165 Å². The second-order valence-corrected chi connectivity index (χ2v) is 9.22. The predicted molar refractivity (Wildman–Crippen MR) is 106 cm³/mol. The quantitative estimate of drug-likeness (QED) is 0.724. The molecule has 0 unspecified atom stereocenters. The second kappa shape index (κ2) is 7.23. The van der Waals surface area contributed by atoms with Crippen molar-refractivity contribution in [1.82, 2.24) is 10.3 Å². The van der Waals surface area contributed by atoms with Gasteiger partial charge in [0.1, 0.15) is 11.5 Å². The summed E-state index contributed by atoms with van der Waals surface area (Å²) in [6, 6.07) is 3.44. The standard InChI is InChI=1S/C21H29ClFN3O/c1-24-17-13-15(22)12-16(25-17)18(26-19(27)14-4-2-3-5-14)20-6-9-21(23,10-7-20)11-8-20/h12-14,18H,2-11H2,1H3,(H,24,25)(H,26,27)/t18-,20?,21?/m1/s1. The number of pyridine rings is 1. The third-order valence-electron chi connectivity index (χ3n) is 7.20. The molecule has 4 fully saturated rings. The van der Waals surface area contributed by atoms with Gasteiger partial charge in [-0.2, -0.15) is 0 Å². The van der Waals surface area contributed by atoms with Gasteiger partial charge in [-0.15, -0.1) is 0 Å². The molecular weight excluding hydrogens is 365 g/mol. The van der Waals surface area contributed by atoms with Crippen LogP contribution in [-0.2, 0) is 4.79 Å². The number of nitrogens with zero attached hydrogens (tertiary/aromatic N) is 1. The SMILES string of the molecule is CNc1cc(Cl)cc([C@@H](NC(=O)C2CCCC2)C23CCC(F)(CC2)CC3)n1. The van der Waals surface area contributed by atoms with E-state index in [1.165, 1.54) is 0 Å². The molecule has 1 heterocycles. The first-order valence-corrected chi connectivity index (χ1v) is 10.7. The summed E-state index contributed by atoms with van der Waals surface area (Å²) in [7, 11) is 1.81. The average Bonchev–Trinajstić information content (AvgIpc) is 3.21. The lowest BCUT2D eigenvalue weighted by atomic mass is 9.56. The molecule has 1 aromatic heterocycles. The average molecular weight is 394 g/mol. The third kappa shape index (κ3) is 3.67. The fourth-order valence-corrected chi connectivity index (χ4v) is 5.60. The van der Waals surface area contributed by atoms with Gasteiger partial charge >= 0.3 is 0 Å². The van der Waals surface area contributed by atoms with E-state index in [4.69, 9.17) is 16.6 Å². The largest absolute Gasteiger partial charge is 0.373 e. The van der Waals surface area contributed by atoms with Crippen molar-refractivity contribution in [1.29, 1.82) is 0 Å². The van der Waals surface area contributed by atoms with Crippen molar-refractivity contribution in [2.45, 2.75) is 75.9 Å². The van der Waals surface area contributed by atoms with Gasteiger partial charge in [0.05, 0.1) is 11.7 Å². The van der Waals surface area contributed by atoms with Crippen LogP contribution in [0.15, 0.2) is 12.1 Å². The van der Waals surface area contributed by atoms with Crippen molar-refractivity contribution in [2.75, 3.05) is 12.4 Å². The molecule has 27 heavy (non-hydrogen) atoms. The highest BCUT2D eigenvalue weighted by Crippen LogP contribution is 2.59. The molecule has 1 amide bonds. The Morgan fingerprint density at radius 1 is 1.19 bits per heavy atom. The number of rotatable bonds is 5. The topological polar surface area (TPSA) is 54.0 Å². The van der Waals surface area contributed by atoms with E-state index in [2.05, 4.69) is 10.6 Å². The van der Waals surface area contributed by atoms with Crippen LogP contribution < -0.4 is 10.6 Å². The van der Waals surface area contributed by atoms with Crippen molar-refractivity contribution in [3.05, 3.63) is 22.8 Å². The van der Waals surface area contributed by atoms with Crippen LogP contribution >= 0.6 is 11.6 Å². The number of hydrogen-bond donors (Lipinski definition) is 2. The van der Waals surface area contributed by atoms with Crippen molar-refractivity contribution in [3.63, 3.8) is 0 Å². The van der Waals surface area contributed by atoms with Crippen molar-refractivity contribution < 1.29 is 9.18 Å². The van der Waals surface area contributed by atoms with E-state index < -0.39 is 5.67 Å². The van der Waals surface area contributed by atoms with Gasteiger partial charge in [0, 0.05) is 18.0 Å². The molecule has 4 aliphatic rings. The fraction of sp³-hybridized carbons (Fsp3) is 0.714. The van der Waals surface area contributed by atoms with E-state index in [1.54, 1.807) is 6.07 Å². The van der Waals surface area contributed by atoms with Gasteiger partial charge < -0.3 is 10.6 Å². The molecule has 0 aromatic carbocycles. The van der Waals surface area contributed by atoms with E-state index in [-0.39, 0.29) is 23.3 Å². The van der Waals surface area contributed by atoms with Crippen LogP contribution in [-0.4, -0.2) is 23.6 Å². The van der Waals surface area contributed by atoms with Gasteiger partial charge in [-0.05, 0) is 68.9 Å². The number of carbonyl (C=O) groups is 1. The van der Waals surface area contributed by atoms with Crippen molar-refractivity contribution in [2.24, 2.45) is 11.3 Å². The van der Waals surface area contributed by atoms with Gasteiger partial charge in [0.2, 0.25) is 5.91 Å². The van der Waals surface area contributed by atoms with Gasteiger partial charge in [0.15, 0.2) is 0 Å². The molecule has 4 aliphatic carbocycles. The van der Waals surface area contributed by atoms with Crippen molar-refractivity contribution in [3.8, 4) is 0 Å². The summed E-state index contributed by atoms with van der Waals surface area (Å²) >= 11 is 6.34. The summed E-state index contributed by atoms with van der Waals surface area (Å²) in [4.78, 5) is 17.7. The lowest BCUT2D eigenvalue weighted by Gasteiger charge is -2.53. The minimum absolute atomic E-state index is 0.0966. The Hall–Kier alpha value is -1.36. The minimum Gasteiger partial charge on any atom is -0.373 e. The summed E-state index contributed by atoms with van der Waals surface area (Å²) in [6.45, 7) is 0. The molecule has 1 atom stereocenters. The number of alkyl halides is 1. The molecule has 148 valence electrons. The summed E-state index contributed by atoms with van der Waals surface area (Å²) in [5, 5.41) is 7.00. The normalized spacial score (nSPS) is 31.7. The molecule has 0 aliphatic heterocycles. The van der Waals surface area contributed by atoms with Gasteiger partial charge in [-0.1, -0.05) is 24.4 Å². The first-order chi connectivity index (χ1) is 12.9. The van der Waals surface area contributed by atoms with E-state index in [9.17, 15) is 9.18 Å². The third-order valence-corrected chi connectivity index (χ3v) is 7.42. The van der Waals surface area contributed by atoms with Crippen LogP contribution in [0.5, 0.6) is 0 Å². The van der Waals surface area contributed by atoms with E-state index in [0.29, 0.717) is 30.1 Å². The molecule has 5 rings (SSSR count). The highest BCUT2D eigenvalue weighted by molar-refractivity contribution is 6.30. The Bertz CT molecular complexity index is 695.